The molecule has 2 rings (SSSR count). The SMILES string of the molecule is CCC(Cc1ccc2nnnn2n1)NC. The van der Waals surface area contributed by atoms with Crippen LogP contribution in [-0.2, 0) is 6.42 Å². The molecule has 2 aromatic heterocycles. The molecule has 0 saturated heterocycles. The molecule has 2 aromatic rings. The normalized spacial score (nSPS) is 13.2. The van der Waals surface area contributed by atoms with E-state index in [1.807, 2.05) is 19.2 Å². The van der Waals surface area contributed by atoms with Crippen molar-refractivity contribution >= 4 is 5.65 Å². The Morgan fingerprint density at radius 1 is 1.47 bits per heavy atom. The minimum Gasteiger partial charge on any atom is -0.317 e. The fourth-order valence-electron chi connectivity index (χ4n) is 1.50. The van der Waals surface area contributed by atoms with E-state index in [0.717, 1.165) is 18.5 Å². The Morgan fingerprint density at radius 3 is 3.07 bits per heavy atom. The fraction of sp³-hybridized carbons (Fsp3) is 0.556. The smallest absolute Gasteiger partial charge is 0.199 e. The molecule has 1 atom stereocenters. The van der Waals surface area contributed by atoms with Gasteiger partial charge in [-0.05, 0) is 36.0 Å². The Hall–Kier alpha value is -1.56. The zero-order valence-corrected chi connectivity index (χ0v) is 8.88. The van der Waals surface area contributed by atoms with E-state index >= 15 is 0 Å². The minimum absolute atomic E-state index is 0.450. The van der Waals surface area contributed by atoms with Crippen molar-refractivity contribution in [2.24, 2.45) is 0 Å². The van der Waals surface area contributed by atoms with Gasteiger partial charge in [0.05, 0.1) is 5.69 Å². The van der Waals surface area contributed by atoms with Crippen molar-refractivity contribution < 1.29 is 0 Å². The molecule has 0 aromatic carbocycles. The summed E-state index contributed by atoms with van der Waals surface area (Å²) in [6.45, 7) is 2.15. The molecule has 2 heterocycles. The number of nitrogens with zero attached hydrogens (tertiary/aromatic N) is 5. The van der Waals surface area contributed by atoms with Crippen LogP contribution >= 0.6 is 0 Å². The van der Waals surface area contributed by atoms with Crippen LogP contribution < -0.4 is 5.32 Å². The summed E-state index contributed by atoms with van der Waals surface area (Å²) in [5.74, 6) is 0. The zero-order chi connectivity index (χ0) is 10.7. The van der Waals surface area contributed by atoms with Crippen LogP contribution in [0.15, 0.2) is 12.1 Å². The molecule has 0 saturated carbocycles. The van der Waals surface area contributed by atoms with Crippen LogP contribution in [0.4, 0.5) is 0 Å². The molecule has 0 bridgehead atoms. The molecule has 1 N–H and O–H groups in total. The molecule has 6 nitrogen and oxygen atoms in total. The standard InChI is InChI=1S/C9H14N6/c1-3-7(10-2)6-8-4-5-9-11-13-14-15(9)12-8/h4-5,7,10H,3,6H2,1-2H3. The molecular weight excluding hydrogens is 192 g/mol. The topological polar surface area (TPSA) is 68.0 Å². The van der Waals surface area contributed by atoms with E-state index in [4.69, 9.17) is 0 Å². The van der Waals surface area contributed by atoms with Crippen molar-refractivity contribution in [3.63, 3.8) is 0 Å². The summed E-state index contributed by atoms with van der Waals surface area (Å²) >= 11 is 0. The van der Waals surface area contributed by atoms with Gasteiger partial charge in [-0.15, -0.1) is 9.73 Å². The molecular formula is C9H14N6. The molecule has 80 valence electrons. The van der Waals surface area contributed by atoms with Gasteiger partial charge in [0.2, 0.25) is 0 Å². The summed E-state index contributed by atoms with van der Waals surface area (Å²) in [7, 11) is 1.96. The van der Waals surface area contributed by atoms with Gasteiger partial charge in [-0.25, -0.2) is 0 Å². The van der Waals surface area contributed by atoms with Crippen LogP contribution in [-0.4, -0.2) is 38.3 Å². The van der Waals surface area contributed by atoms with Crippen molar-refractivity contribution in [2.45, 2.75) is 25.8 Å². The first-order valence-electron chi connectivity index (χ1n) is 5.05. The van der Waals surface area contributed by atoms with Crippen molar-refractivity contribution in [1.29, 1.82) is 0 Å². The predicted octanol–water partition coefficient (Wildman–Crippen LogP) is 0.0598. The first kappa shape index (κ1) is 9.97. The van der Waals surface area contributed by atoms with E-state index in [-0.39, 0.29) is 0 Å². The lowest BCUT2D eigenvalue weighted by molar-refractivity contribution is 0.530. The third kappa shape index (κ3) is 2.10. The van der Waals surface area contributed by atoms with E-state index in [1.54, 1.807) is 0 Å². The predicted molar refractivity (Wildman–Crippen MR) is 55.4 cm³/mol. The van der Waals surface area contributed by atoms with Gasteiger partial charge in [0.15, 0.2) is 5.65 Å². The number of hydrogen-bond acceptors (Lipinski definition) is 5. The zero-order valence-electron chi connectivity index (χ0n) is 8.88. The third-order valence-electron chi connectivity index (χ3n) is 2.48. The Kier molecular flexibility index (Phi) is 2.86. The average molecular weight is 206 g/mol. The highest BCUT2D eigenvalue weighted by Gasteiger charge is 2.07. The first-order chi connectivity index (χ1) is 7.33. The van der Waals surface area contributed by atoms with Crippen LogP contribution in [0.1, 0.15) is 19.0 Å². The molecule has 0 aliphatic rings. The van der Waals surface area contributed by atoms with Crippen molar-refractivity contribution in [2.75, 3.05) is 7.05 Å². The van der Waals surface area contributed by atoms with Gasteiger partial charge in [0.25, 0.3) is 0 Å². The van der Waals surface area contributed by atoms with Gasteiger partial charge in [-0.3, -0.25) is 0 Å². The Bertz CT molecular complexity index is 433. The van der Waals surface area contributed by atoms with Crippen molar-refractivity contribution in [1.82, 2.24) is 30.6 Å². The van der Waals surface area contributed by atoms with Gasteiger partial charge >= 0.3 is 0 Å². The summed E-state index contributed by atoms with van der Waals surface area (Å²) in [5, 5.41) is 18.7. The summed E-state index contributed by atoms with van der Waals surface area (Å²) < 4.78 is 1.46. The Balaban J connectivity index is 2.20. The van der Waals surface area contributed by atoms with Gasteiger partial charge in [-0.2, -0.15) is 5.10 Å². The average Bonchev–Trinajstić information content (AvgIpc) is 2.73. The summed E-state index contributed by atoms with van der Waals surface area (Å²) in [4.78, 5) is 0. The van der Waals surface area contributed by atoms with Gasteiger partial charge in [0, 0.05) is 12.5 Å². The third-order valence-corrected chi connectivity index (χ3v) is 2.48. The second-order valence-electron chi connectivity index (χ2n) is 3.45. The van der Waals surface area contributed by atoms with E-state index in [2.05, 4.69) is 32.9 Å². The summed E-state index contributed by atoms with van der Waals surface area (Å²) in [5.41, 5.74) is 1.67. The maximum Gasteiger partial charge on any atom is 0.199 e. The maximum absolute atomic E-state index is 4.31. The number of fused-ring (bicyclic) bond motifs is 1. The van der Waals surface area contributed by atoms with Gasteiger partial charge in [0.1, 0.15) is 0 Å². The fourth-order valence-corrected chi connectivity index (χ4v) is 1.50. The van der Waals surface area contributed by atoms with Crippen molar-refractivity contribution in [3.05, 3.63) is 17.8 Å². The molecule has 0 fully saturated rings. The van der Waals surface area contributed by atoms with Crippen LogP contribution in [0, 0.1) is 0 Å². The quantitative estimate of drug-likeness (QED) is 0.766. The van der Waals surface area contributed by atoms with E-state index in [9.17, 15) is 0 Å². The number of nitrogens with one attached hydrogen (secondary N) is 1. The molecule has 0 spiro atoms. The van der Waals surface area contributed by atoms with Crippen LogP contribution in [0.2, 0.25) is 0 Å². The first-order valence-corrected chi connectivity index (χ1v) is 5.05. The summed E-state index contributed by atoms with van der Waals surface area (Å²) in [6, 6.07) is 4.29. The minimum atomic E-state index is 0.450. The second-order valence-corrected chi connectivity index (χ2v) is 3.45. The molecule has 6 heteroatoms. The van der Waals surface area contributed by atoms with Crippen molar-refractivity contribution in [3.8, 4) is 0 Å². The number of hydrogen-bond donors (Lipinski definition) is 1. The molecule has 0 radical (unpaired) electrons. The van der Waals surface area contributed by atoms with Crippen LogP contribution in [0.25, 0.3) is 5.65 Å². The highest BCUT2D eigenvalue weighted by Crippen LogP contribution is 2.03. The number of tetrazole rings is 1. The highest BCUT2D eigenvalue weighted by molar-refractivity contribution is 5.32. The molecule has 1 unspecified atom stereocenters. The Labute approximate surface area is 87.7 Å². The largest absolute Gasteiger partial charge is 0.317 e. The number of rotatable bonds is 4. The second kappa shape index (κ2) is 4.31. The molecule has 0 aliphatic heterocycles. The monoisotopic (exact) mass is 206 g/mol. The summed E-state index contributed by atoms with van der Waals surface area (Å²) in [6.07, 6.45) is 1.97. The van der Waals surface area contributed by atoms with Gasteiger partial charge < -0.3 is 5.32 Å². The Morgan fingerprint density at radius 2 is 2.33 bits per heavy atom. The van der Waals surface area contributed by atoms with E-state index < -0.39 is 0 Å². The van der Waals surface area contributed by atoms with Crippen LogP contribution in [0.5, 0.6) is 0 Å². The lowest BCUT2D eigenvalue weighted by Gasteiger charge is -2.12. The lowest BCUT2D eigenvalue weighted by Crippen LogP contribution is -2.27. The van der Waals surface area contributed by atoms with E-state index in [1.165, 1.54) is 4.63 Å². The van der Waals surface area contributed by atoms with E-state index in [0.29, 0.717) is 11.7 Å². The van der Waals surface area contributed by atoms with Gasteiger partial charge in [-0.1, -0.05) is 6.92 Å². The number of aromatic nitrogens is 5. The molecule has 15 heavy (non-hydrogen) atoms. The number of likely N-dealkylation sites (N-methyl/N-ethyl adjacent to an activating group) is 1. The maximum atomic E-state index is 4.31. The molecule has 0 aliphatic carbocycles. The molecule has 0 amide bonds. The van der Waals surface area contributed by atoms with Crippen LogP contribution in [0.3, 0.4) is 0 Å². The highest BCUT2D eigenvalue weighted by atomic mass is 15.6. The lowest BCUT2D eigenvalue weighted by atomic mass is 10.1.